The summed E-state index contributed by atoms with van der Waals surface area (Å²) in [5, 5.41) is 13.2. The standard InChI is InChI=1S/C23H31N5O5/c1-5-32-10-8-27(2)7-6-9-33-21-13-18-17(12-20(21)31-4)22(25-15-24-18)26-16-11-19(23(29)30)28(3)14-16/h11-15H,5-10H2,1-4H3,(H,29,30)(H,24,25,26). The van der Waals surface area contributed by atoms with E-state index in [-0.39, 0.29) is 5.69 Å². The van der Waals surface area contributed by atoms with Crippen molar-refractivity contribution >= 4 is 28.4 Å². The number of ether oxygens (including phenoxy) is 3. The maximum absolute atomic E-state index is 11.3. The topological polar surface area (TPSA) is 111 Å². The number of methoxy groups -OCH3 is 1. The van der Waals surface area contributed by atoms with Crippen LogP contribution < -0.4 is 14.8 Å². The van der Waals surface area contributed by atoms with Crippen molar-refractivity contribution in [2.45, 2.75) is 13.3 Å². The van der Waals surface area contributed by atoms with Crippen LogP contribution in [-0.4, -0.2) is 77.6 Å². The Morgan fingerprint density at radius 3 is 2.70 bits per heavy atom. The van der Waals surface area contributed by atoms with Crippen LogP contribution in [0.3, 0.4) is 0 Å². The zero-order valence-electron chi connectivity index (χ0n) is 19.5. The fourth-order valence-electron chi connectivity index (χ4n) is 3.41. The van der Waals surface area contributed by atoms with Crippen molar-refractivity contribution in [3.05, 3.63) is 36.4 Å². The Morgan fingerprint density at radius 2 is 2.00 bits per heavy atom. The summed E-state index contributed by atoms with van der Waals surface area (Å²) in [6.45, 7) is 5.77. The molecular weight excluding hydrogens is 426 g/mol. The summed E-state index contributed by atoms with van der Waals surface area (Å²) in [5.74, 6) is 0.731. The number of benzene rings is 1. The molecule has 0 aliphatic heterocycles. The van der Waals surface area contributed by atoms with Crippen LogP contribution in [0.1, 0.15) is 23.8 Å². The smallest absolute Gasteiger partial charge is 0.352 e. The van der Waals surface area contributed by atoms with Crippen molar-refractivity contribution in [3.63, 3.8) is 0 Å². The average molecular weight is 458 g/mol. The first kappa shape index (κ1) is 24.3. The van der Waals surface area contributed by atoms with Crippen molar-refractivity contribution < 1.29 is 24.1 Å². The highest BCUT2D eigenvalue weighted by Gasteiger charge is 2.14. The second-order valence-corrected chi connectivity index (χ2v) is 7.60. The van der Waals surface area contributed by atoms with Gasteiger partial charge in [-0.15, -0.1) is 0 Å². The molecule has 3 rings (SSSR count). The van der Waals surface area contributed by atoms with Crippen molar-refractivity contribution in [1.82, 2.24) is 19.4 Å². The molecule has 1 aromatic carbocycles. The Hall–Kier alpha value is -3.37. The van der Waals surface area contributed by atoms with Crippen LogP contribution in [0.5, 0.6) is 11.5 Å². The largest absolute Gasteiger partial charge is 0.493 e. The molecular formula is C23H31N5O5. The van der Waals surface area contributed by atoms with E-state index in [0.29, 0.717) is 35.1 Å². The predicted octanol–water partition coefficient (Wildman–Crippen LogP) is 3.16. The molecule has 0 saturated carbocycles. The Labute approximate surface area is 193 Å². The number of carboxylic acids is 1. The highest BCUT2D eigenvalue weighted by molar-refractivity contribution is 5.94. The molecule has 2 aromatic heterocycles. The molecule has 0 aliphatic carbocycles. The number of hydrogen-bond donors (Lipinski definition) is 2. The molecule has 2 heterocycles. The minimum Gasteiger partial charge on any atom is -0.493 e. The highest BCUT2D eigenvalue weighted by atomic mass is 16.5. The number of carbonyl (C=O) groups is 1. The molecule has 178 valence electrons. The van der Waals surface area contributed by atoms with Crippen LogP contribution >= 0.6 is 0 Å². The van der Waals surface area contributed by atoms with Crippen molar-refractivity contribution in [3.8, 4) is 11.5 Å². The van der Waals surface area contributed by atoms with E-state index in [1.165, 1.54) is 10.9 Å². The lowest BCUT2D eigenvalue weighted by molar-refractivity contribution is 0.0686. The van der Waals surface area contributed by atoms with Gasteiger partial charge < -0.3 is 34.1 Å². The molecule has 33 heavy (non-hydrogen) atoms. The monoisotopic (exact) mass is 457 g/mol. The third-order valence-corrected chi connectivity index (χ3v) is 5.17. The summed E-state index contributed by atoms with van der Waals surface area (Å²) >= 11 is 0. The van der Waals surface area contributed by atoms with Gasteiger partial charge in [-0.1, -0.05) is 0 Å². The summed E-state index contributed by atoms with van der Waals surface area (Å²) in [6.07, 6.45) is 4.01. The van der Waals surface area contributed by atoms with Gasteiger partial charge in [0, 0.05) is 44.4 Å². The number of carboxylic acid groups (broad SMARTS) is 1. The molecule has 0 atom stereocenters. The molecule has 0 radical (unpaired) electrons. The van der Waals surface area contributed by atoms with E-state index >= 15 is 0 Å². The van der Waals surface area contributed by atoms with Gasteiger partial charge in [-0.05, 0) is 32.5 Å². The average Bonchev–Trinajstić information content (AvgIpc) is 3.17. The quantitative estimate of drug-likeness (QED) is 0.374. The number of hydrogen-bond acceptors (Lipinski definition) is 8. The van der Waals surface area contributed by atoms with Crippen LogP contribution in [0.2, 0.25) is 0 Å². The first-order valence-corrected chi connectivity index (χ1v) is 10.8. The lowest BCUT2D eigenvalue weighted by Gasteiger charge is -2.17. The van der Waals surface area contributed by atoms with E-state index in [4.69, 9.17) is 14.2 Å². The van der Waals surface area contributed by atoms with Gasteiger partial charge in [-0.2, -0.15) is 0 Å². The van der Waals surface area contributed by atoms with E-state index in [0.717, 1.165) is 38.1 Å². The van der Waals surface area contributed by atoms with Gasteiger partial charge in [0.15, 0.2) is 11.5 Å². The minimum absolute atomic E-state index is 0.174. The Bertz CT molecular complexity index is 1080. The number of rotatable bonds is 13. The Morgan fingerprint density at radius 1 is 1.18 bits per heavy atom. The van der Waals surface area contributed by atoms with Crippen LogP contribution in [0, 0.1) is 0 Å². The van der Waals surface area contributed by atoms with Gasteiger partial charge >= 0.3 is 5.97 Å². The Balaban J connectivity index is 1.70. The van der Waals surface area contributed by atoms with E-state index in [1.54, 1.807) is 26.4 Å². The first-order valence-electron chi connectivity index (χ1n) is 10.8. The molecule has 0 spiro atoms. The number of likely N-dealkylation sites (N-methyl/N-ethyl adjacent to an activating group) is 1. The Kier molecular flexibility index (Phi) is 8.45. The van der Waals surface area contributed by atoms with Crippen molar-refractivity contribution in [2.75, 3.05) is 52.4 Å². The molecule has 3 aromatic rings. The number of aromatic carboxylic acids is 1. The van der Waals surface area contributed by atoms with E-state index in [2.05, 4.69) is 27.2 Å². The van der Waals surface area contributed by atoms with Gasteiger partial charge in [-0.25, -0.2) is 14.8 Å². The summed E-state index contributed by atoms with van der Waals surface area (Å²) in [6, 6.07) is 5.20. The van der Waals surface area contributed by atoms with Gasteiger partial charge in [0.05, 0.1) is 31.5 Å². The van der Waals surface area contributed by atoms with Crippen LogP contribution in [0.15, 0.2) is 30.7 Å². The number of aryl methyl sites for hydroxylation is 1. The van der Waals surface area contributed by atoms with Gasteiger partial charge in [0.25, 0.3) is 0 Å². The maximum atomic E-state index is 11.3. The van der Waals surface area contributed by atoms with E-state index in [1.807, 2.05) is 19.1 Å². The van der Waals surface area contributed by atoms with Crippen LogP contribution in [-0.2, 0) is 11.8 Å². The lowest BCUT2D eigenvalue weighted by atomic mass is 10.2. The van der Waals surface area contributed by atoms with Gasteiger partial charge in [-0.3, -0.25) is 0 Å². The van der Waals surface area contributed by atoms with Crippen molar-refractivity contribution in [1.29, 1.82) is 0 Å². The minimum atomic E-state index is -0.998. The summed E-state index contributed by atoms with van der Waals surface area (Å²) in [7, 11) is 5.33. The SMILES string of the molecule is CCOCCN(C)CCCOc1cc2ncnc(Nc3cc(C(=O)O)n(C)c3)c2cc1OC. The molecule has 2 N–H and O–H groups in total. The van der Waals surface area contributed by atoms with E-state index in [9.17, 15) is 9.90 Å². The fraction of sp³-hybridized carbons (Fsp3) is 0.435. The van der Waals surface area contributed by atoms with Crippen molar-refractivity contribution in [2.24, 2.45) is 7.05 Å². The fourth-order valence-corrected chi connectivity index (χ4v) is 3.41. The van der Waals surface area contributed by atoms with Gasteiger partial charge in [0.1, 0.15) is 17.8 Å². The molecule has 0 fully saturated rings. The summed E-state index contributed by atoms with van der Waals surface area (Å²) < 4.78 is 18.4. The number of anilines is 2. The lowest BCUT2D eigenvalue weighted by Crippen LogP contribution is -2.25. The molecule has 0 amide bonds. The zero-order chi connectivity index (χ0) is 23.8. The van der Waals surface area contributed by atoms with Gasteiger partial charge in [0.2, 0.25) is 0 Å². The highest BCUT2D eigenvalue weighted by Crippen LogP contribution is 2.35. The number of fused-ring (bicyclic) bond motifs is 1. The third-order valence-electron chi connectivity index (χ3n) is 5.17. The molecule has 10 heteroatoms. The first-order chi connectivity index (χ1) is 15.9. The second-order valence-electron chi connectivity index (χ2n) is 7.60. The number of nitrogens with one attached hydrogen (secondary N) is 1. The summed E-state index contributed by atoms with van der Waals surface area (Å²) in [5.41, 5.74) is 1.47. The zero-order valence-corrected chi connectivity index (χ0v) is 19.5. The predicted molar refractivity (Wildman–Crippen MR) is 126 cm³/mol. The third kappa shape index (κ3) is 6.33. The molecule has 0 saturated heterocycles. The van der Waals surface area contributed by atoms with E-state index < -0.39 is 5.97 Å². The maximum Gasteiger partial charge on any atom is 0.352 e. The number of nitrogens with zero attached hydrogens (tertiary/aromatic N) is 4. The molecule has 10 nitrogen and oxygen atoms in total. The molecule has 0 aliphatic rings. The molecule has 0 bridgehead atoms. The summed E-state index contributed by atoms with van der Waals surface area (Å²) in [4.78, 5) is 22.2. The molecule has 0 unspecified atom stereocenters. The van der Waals surface area contributed by atoms with Crippen LogP contribution in [0.4, 0.5) is 11.5 Å². The second kappa shape index (κ2) is 11.5. The van der Waals surface area contributed by atoms with Crippen LogP contribution in [0.25, 0.3) is 10.9 Å². The number of aromatic nitrogens is 3. The normalized spacial score (nSPS) is 11.2.